The number of hydrogen-bond acceptors (Lipinski definition) is 13. The van der Waals surface area contributed by atoms with Crippen LogP contribution in [0.4, 0.5) is 18.9 Å². The van der Waals surface area contributed by atoms with Gasteiger partial charge in [0.05, 0.1) is 47.3 Å². The van der Waals surface area contributed by atoms with Crippen LogP contribution in [0.3, 0.4) is 0 Å². The predicted molar refractivity (Wildman–Crippen MR) is 163 cm³/mol. The Hall–Kier alpha value is -3.97. The van der Waals surface area contributed by atoms with Gasteiger partial charge in [0.15, 0.2) is 29.9 Å². The van der Waals surface area contributed by atoms with E-state index in [1.807, 2.05) is 4.90 Å². The molecular formula is C33H35F3N2O12. The van der Waals surface area contributed by atoms with E-state index in [1.54, 1.807) is 12.2 Å². The van der Waals surface area contributed by atoms with Crippen LogP contribution in [0.25, 0.3) is 0 Å². The van der Waals surface area contributed by atoms with Crippen LogP contribution >= 0.6 is 0 Å². The van der Waals surface area contributed by atoms with E-state index < -0.39 is 124 Å². The van der Waals surface area contributed by atoms with Gasteiger partial charge in [-0.3, -0.25) is 24.1 Å². The van der Waals surface area contributed by atoms with Gasteiger partial charge >= 0.3 is 12.1 Å². The summed E-state index contributed by atoms with van der Waals surface area (Å²) in [5.41, 5.74) is -5.91. The van der Waals surface area contributed by atoms with Crippen molar-refractivity contribution in [2.45, 2.75) is 81.8 Å². The number of fused-ring (bicyclic) bond motifs is 3. The van der Waals surface area contributed by atoms with Gasteiger partial charge in [-0.25, -0.2) is 0 Å². The highest BCUT2D eigenvalue weighted by Gasteiger charge is 2.50. The smallest absolute Gasteiger partial charge is 0.471 e. The van der Waals surface area contributed by atoms with Crippen molar-refractivity contribution in [3.05, 3.63) is 51.6 Å². The van der Waals surface area contributed by atoms with Gasteiger partial charge in [0, 0.05) is 62.2 Å². The van der Waals surface area contributed by atoms with Gasteiger partial charge in [-0.15, -0.1) is 0 Å². The van der Waals surface area contributed by atoms with Gasteiger partial charge in [0.25, 0.3) is 0 Å². The van der Waals surface area contributed by atoms with Crippen LogP contribution in [0.2, 0.25) is 0 Å². The molecule has 50 heavy (non-hydrogen) atoms. The number of ketones is 3. The van der Waals surface area contributed by atoms with Gasteiger partial charge in [-0.1, -0.05) is 12.1 Å². The number of nitrogens with zero attached hydrogens (tertiary/aromatic N) is 1. The fraction of sp³-hybridized carbons (Fsp3) is 0.515. The van der Waals surface area contributed by atoms with E-state index in [4.69, 9.17) is 18.9 Å². The lowest BCUT2D eigenvalue weighted by Crippen LogP contribution is -2.59. The number of carbonyl (C=O) groups is 4. The standard InChI is InChI=1S/C33H35F3N2O12/c1-13-26(40)18(38-7-8-48-21(12-38)47-3)9-20(49-13)50-19-11-32(46,14(2)39)10-16-23(19)30(44)25-24(28(16)42)27(41)15-5-4-6-17(22(15)29(25)43)37-31(45)33(34,35)36/h4-6,13,18-21,26,40,42,44,46H,7-12H2,1-3H3,(H,37,45). The number of anilines is 1. The van der Waals surface area contributed by atoms with Crippen molar-refractivity contribution in [1.29, 1.82) is 0 Å². The Morgan fingerprint density at radius 2 is 1.78 bits per heavy atom. The summed E-state index contributed by atoms with van der Waals surface area (Å²) in [7, 11) is 1.48. The molecule has 2 saturated heterocycles. The molecule has 0 aromatic heterocycles. The number of aliphatic hydroxyl groups is 2. The molecule has 4 aliphatic rings. The first kappa shape index (κ1) is 35.8. The average molecular weight is 709 g/mol. The van der Waals surface area contributed by atoms with Gasteiger partial charge in [-0.2, -0.15) is 13.2 Å². The van der Waals surface area contributed by atoms with Crippen molar-refractivity contribution in [2.75, 3.05) is 32.1 Å². The topological polar surface area (TPSA) is 201 Å². The second-order valence-corrected chi connectivity index (χ2v) is 12.9. The van der Waals surface area contributed by atoms with E-state index in [2.05, 4.69) is 0 Å². The van der Waals surface area contributed by atoms with Crippen LogP contribution in [0.1, 0.15) is 75.8 Å². The molecule has 2 aliphatic heterocycles. The van der Waals surface area contributed by atoms with Gasteiger partial charge in [0.2, 0.25) is 0 Å². The molecule has 7 unspecified atom stereocenters. The molecule has 2 fully saturated rings. The second kappa shape index (κ2) is 13.0. The summed E-state index contributed by atoms with van der Waals surface area (Å²) in [4.78, 5) is 54.2. The molecule has 0 radical (unpaired) electrons. The molecule has 2 heterocycles. The average Bonchev–Trinajstić information content (AvgIpc) is 3.06. The number of hydrogen-bond donors (Lipinski definition) is 5. The minimum atomic E-state index is -5.33. The highest BCUT2D eigenvalue weighted by molar-refractivity contribution is 6.32. The first-order valence-electron chi connectivity index (χ1n) is 15.8. The highest BCUT2D eigenvalue weighted by atomic mass is 19.4. The Bertz CT molecular complexity index is 1770. The van der Waals surface area contributed by atoms with Crippen LogP contribution in [-0.4, -0.2) is 118 Å². The summed E-state index contributed by atoms with van der Waals surface area (Å²) >= 11 is 0. The van der Waals surface area contributed by atoms with Crippen molar-refractivity contribution in [1.82, 2.24) is 4.90 Å². The maximum absolute atomic E-state index is 14.0. The maximum Gasteiger partial charge on any atom is 0.471 e. The molecule has 7 atom stereocenters. The van der Waals surface area contributed by atoms with Crippen LogP contribution in [0.15, 0.2) is 18.2 Å². The zero-order valence-corrected chi connectivity index (χ0v) is 27.1. The molecule has 6 rings (SSSR count). The van der Waals surface area contributed by atoms with E-state index in [0.29, 0.717) is 19.7 Å². The number of carbonyl (C=O) groups excluding carboxylic acids is 4. The van der Waals surface area contributed by atoms with Crippen LogP contribution in [-0.2, 0) is 35.0 Å². The van der Waals surface area contributed by atoms with E-state index in [9.17, 15) is 52.8 Å². The molecule has 1 amide bonds. The number of methoxy groups -OCH3 is 1. The summed E-state index contributed by atoms with van der Waals surface area (Å²) in [5.74, 6) is -7.10. The zero-order chi connectivity index (χ0) is 36.4. The van der Waals surface area contributed by atoms with Crippen molar-refractivity contribution >= 4 is 28.9 Å². The normalized spacial score (nSPS) is 29.9. The number of aromatic hydroxyl groups is 2. The molecule has 0 spiro atoms. The SMILES string of the molecule is COC1CN(C2CC(OC3CC(O)(C(C)=O)Cc4c(O)c5c(c(O)c43)C(=O)c3c(NC(=O)C(F)(F)F)cccc3C5=O)OC(C)C2O)CCO1. The highest BCUT2D eigenvalue weighted by Crippen LogP contribution is 2.52. The van der Waals surface area contributed by atoms with Crippen molar-refractivity contribution in [3.8, 4) is 11.5 Å². The van der Waals surface area contributed by atoms with Gasteiger partial charge < -0.3 is 44.7 Å². The first-order valence-corrected chi connectivity index (χ1v) is 15.8. The van der Waals surface area contributed by atoms with Gasteiger partial charge in [0.1, 0.15) is 17.1 Å². The summed E-state index contributed by atoms with van der Waals surface area (Å²) in [5, 5.41) is 47.3. The number of aliphatic hydroxyl groups excluding tert-OH is 1. The summed E-state index contributed by atoms with van der Waals surface area (Å²) < 4.78 is 62.4. The number of nitrogens with one attached hydrogen (secondary N) is 1. The number of alkyl halides is 3. The van der Waals surface area contributed by atoms with Crippen molar-refractivity contribution < 1.29 is 71.7 Å². The molecule has 5 N–H and O–H groups in total. The third-order valence-corrected chi connectivity index (χ3v) is 9.84. The molecule has 2 aromatic carbocycles. The lowest BCUT2D eigenvalue weighted by molar-refractivity contribution is -0.266. The van der Waals surface area contributed by atoms with Crippen LogP contribution in [0.5, 0.6) is 11.5 Å². The molecule has 0 bridgehead atoms. The lowest BCUT2D eigenvalue weighted by Gasteiger charge is -2.47. The summed E-state index contributed by atoms with van der Waals surface area (Å²) in [6, 6.07) is 2.66. The maximum atomic E-state index is 14.0. The Balaban J connectivity index is 1.42. The third-order valence-electron chi connectivity index (χ3n) is 9.84. The second-order valence-electron chi connectivity index (χ2n) is 12.9. The fourth-order valence-electron chi connectivity index (χ4n) is 7.20. The molecule has 270 valence electrons. The van der Waals surface area contributed by atoms with Gasteiger partial charge in [-0.05, 0) is 19.9 Å². The number of benzene rings is 2. The zero-order valence-electron chi connectivity index (χ0n) is 27.1. The first-order chi connectivity index (χ1) is 23.5. The molecule has 17 heteroatoms. The Kier molecular flexibility index (Phi) is 9.30. The Morgan fingerprint density at radius 3 is 2.44 bits per heavy atom. The number of Topliss-reactive ketones (excluding diaryl/α,β-unsaturated/α-hetero) is 1. The number of amides is 1. The van der Waals surface area contributed by atoms with Crippen molar-refractivity contribution in [2.24, 2.45) is 0 Å². The summed E-state index contributed by atoms with van der Waals surface area (Å²) in [6.45, 7) is 3.80. The number of rotatable bonds is 6. The Morgan fingerprint density at radius 1 is 1.08 bits per heavy atom. The molecule has 0 saturated carbocycles. The largest absolute Gasteiger partial charge is 0.507 e. The number of phenolic OH excluding ortho intramolecular Hbond substituents is 2. The van der Waals surface area contributed by atoms with Crippen molar-refractivity contribution in [3.63, 3.8) is 0 Å². The van der Waals surface area contributed by atoms with Crippen LogP contribution < -0.4 is 5.32 Å². The summed E-state index contributed by atoms with van der Waals surface area (Å²) in [6.07, 6.45) is -11.2. The number of morpholine rings is 1. The minimum Gasteiger partial charge on any atom is -0.507 e. The minimum absolute atomic E-state index is 0.0526. The molecule has 2 aliphatic carbocycles. The molecular weight excluding hydrogens is 673 g/mol. The molecule has 14 nitrogen and oxygen atoms in total. The Labute approximate surface area is 282 Å². The predicted octanol–water partition coefficient (Wildman–Crippen LogP) is 1.87. The number of phenols is 2. The quantitative estimate of drug-likeness (QED) is 0.233. The molecule has 2 aromatic rings. The van der Waals surface area contributed by atoms with E-state index in [0.717, 1.165) is 25.1 Å². The third kappa shape index (κ3) is 6.06. The van der Waals surface area contributed by atoms with E-state index >= 15 is 0 Å². The number of ether oxygens (including phenoxy) is 4. The fourth-order valence-corrected chi connectivity index (χ4v) is 7.20. The van der Waals surface area contributed by atoms with E-state index in [1.165, 1.54) is 7.11 Å². The monoisotopic (exact) mass is 708 g/mol. The lowest BCUT2D eigenvalue weighted by atomic mass is 9.72. The van der Waals surface area contributed by atoms with Crippen LogP contribution in [0, 0.1) is 0 Å². The number of halogens is 3. The van der Waals surface area contributed by atoms with E-state index in [-0.39, 0.29) is 17.5 Å².